The zero-order valence-electron chi connectivity index (χ0n) is 17.3. The average Bonchev–Trinajstić information content (AvgIpc) is 3.35. The van der Waals surface area contributed by atoms with Crippen molar-refractivity contribution >= 4 is 11.6 Å². The molecule has 154 valence electrons. The number of fused-ring (bicyclic) bond motifs is 1. The van der Waals surface area contributed by atoms with E-state index in [1.165, 1.54) is 0 Å². The Morgan fingerprint density at radius 3 is 2.87 bits per heavy atom. The van der Waals surface area contributed by atoms with Gasteiger partial charge in [0.05, 0.1) is 5.69 Å². The predicted octanol–water partition coefficient (Wildman–Crippen LogP) is 3.34. The Balaban J connectivity index is 1.41. The lowest BCUT2D eigenvalue weighted by atomic mass is 10.1. The van der Waals surface area contributed by atoms with Gasteiger partial charge in [-0.25, -0.2) is 9.50 Å². The van der Waals surface area contributed by atoms with Crippen LogP contribution in [0, 0.1) is 20.8 Å². The maximum atomic E-state index is 12.4. The summed E-state index contributed by atoms with van der Waals surface area (Å²) in [4.78, 5) is 25.3. The first-order valence-corrected chi connectivity index (χ1v) is 9.68. The van der Waals surface area contributed by atoms with Crippen LogP contribution >= 0.6 is 0 Å². The summed E-state index contributed by atoms with van der Waals surface area (Å²) < 4.78 is 12.5. The number of nitrogens with zero attached hydrogens (tertiary/aromatic N) is 6. The highest BCUT2D eigenvalue weighted by Gasteiger charge is 2.20. The Kier molecular flexibility index (Phi) is 5.26. The molecule has 9 heteroatoms. The maximum absolute atomic E-state index is 12.4. The van der Waals surface area contributed by atoms with E-state index in [1.807, 2.05) is 37.4 Å². The second kappa shape index (κ2) is 8.02. The molecule has 9 nitrogen and oxygen atoms in total. The molecule has 0 aromatic carbocycles. The fourth-order valence-electron chi connectivity index (χ4n) is 3.35. The molecule has 4 rings (SSSR count). The van der Waals surface area contributed by atoms with Crippen molar-refractivity contribution in [2.24, 2.45) is 0 Å². The number of rotatable bonds is 6. The molecule has 1 atom stereocenters. The van der Waals surface area contributed by atoms with Gasteiger partial charge in [0.1, 0.15) is 0 Å². The van der Waals surface area contributed by atoms with E-state index in [1.54, 1.807) is 25.4 Å². The van der Waals surface area contributed by atoms with Gasteiger partial charge in [0.25, 0.3) is 5.89 Å². The molecule has 0 spiro atoms. The van der Waals surface area contributed by atoms with Crippen molar-refractivity contribution in [3.05, 3.63) is 59.1 Å². The van der Waals surface area contributed by atoms with Crippen LogP contribution in [0.4, 0.5) is 0 Å². The number of hydrogen-bond acceptors (Lipinski definition) is 8. The lowest BCUT2D eigenvalue weighted by Gasteiger charge is -2.12. The number of carbonyl (C=O) groups is 1. The smallest absolute Gasteiger partial charge is 0.306 e. The van der Waals surface area contributed by atoms with Crippen LogP contribution in [0.15, 0.2) is 35.1 Å². The van der Waals surface area contributed by atoms with Gasteiger partial charge in [0, 0.05) is 41.8 Å². The van der Waals surface area contributed by atoms with Gasteiger partial charge in [0.2, 0.25) is 5.82 Å². The normalized spacial score (nSPS) is 12.3. The van der Waals surface area contributed by atoms with Crippen molar-refractivity contribution in [1.29, 1.82) is 0 Å². The highest BCUT2D eigenvalue weighted by Crippen LogP contribution is 2.21. The van der Waals surface area contributed by atoms with E-state index in [-0.39, 0.29) is 18.3 Å². The minimum Gasteiger partial charge on any atom is -0.453 e. The fourth-order valence-corrected chi connectivity index (χ4v) is 3.35. The summed E-state index contributed by atoms with van der Waals surface area (Å²) in [7, 11) is 0. The zero-order valence-corrected chi connectivity index (χ0v) is 17.3. The topological polar surface area (TPSA) is 108 Å². The zero-order chi connectivity index (χ0) is 21.3. The Bertz CT molecular complexity index is 1200. The van der Waals surface area contributed by atoms with Crippen molar-refractivity contribution < 1.29 is 14.1 Å². The second-order valence-corrected chi connectivity index (χ2v) is 7.15. The number of carbonyl (C=O) groups excluding carboxylic acids is 1. The Labute approximate surface area is 173 Å². The van der Waals surface area contributed by atoms with Crippen molar-refractivity contribution in [2.45, 2.75) is 46.6 Å². The van der Waals surface area contributed by atoms with E-state index < -0.39 is 6.10 Å². The lowest BCUT2D eigenvalue weighted by Crippen LogP contribution is -2.12. The summed E-state index contributed by atoms with van der Waals surface area (Å²) in [5.41, 5.74) is 5.30. The Morgan fingerprint density at radius 1 is 1.27 bits per heavy atom. The number of esters is 1. The molecular weight excluding hydrogens is 384 g/mol. The average molecular weight is 406 g/mol. The predicted molar refractivity (Wildman–Crippen MR) is 108 cm³/mol. The first kappa shape index (κ1) is 19.7. The number of aromatic nitrogens is 6. The molecule has 0 fully saturated rings. The highest BCUT2D eigenvalue weighted by molar-refractivity contribution is 5.70. The van der Waals surface area contributed by atoms with E-state index >= 15 is 0 Å². The first-order valence-electron chi connectivity index (χ1n) is 9.68. The van der Waals surface area contributed by atoms with E-state index in [9.17, 15) is 4.79 Å². The van der Waals surface area contributed by atoms with Crippen LogP contribution in [0.25, 0.3) is 17.0 Å². The standard InChI is InChI=1S/C21H22N6O3/c1-12-10-18-23-13(2)17(14(3)27(18)25-12)7-8-19(28)29-15(4)21-24-20(26-30-21)16-6-5-9-22-11-16/h5-6,9-11,15H,7-8H2,1-4H3. The third-order valence-corrected chi connectivity index (χ3v) is 4.88. The molecule has 1 unspecified atom stereocenters. The van der Waals surface area contributed by atoms with Gasteiger partial charge in [0.15, 0.2) is 11.8 Å². The van der Waals surface area contributed by atoms with Crippen molar-refractivity contribution in [1.82, 2.24) is 29.7 Å². The molecule has 0 aliphatic rings. The summed E-state index contributed by atoms with van der Waals surface area (Å²) in [6.45, 7) is 7.56. The molecule has 4 aromatic rings. The molecule has 0 aliphatic heterocycles. The van der Waals surface area contributed by atoms with Crippen LogP contribution in [0.5, 0.6) is 0 Å². The van der Waals surface area contributed by atoms with Gasteiger partial charge in [-0.1, -0.05) is 5.16 Å². The van der Waals surface area contributed by atoms with E-state index in [2.05, 4.69) is 25.2 Å². The van der Waals surface area contributed by atoms with E-state index in [4.69, 9.17) is 9.26 Å². The first-order chi connectivity index (χ1) is 14.4. The number of pyridine rings is 1. The summed E-state index contributed by atoms with van der Waals surface area (Å²) in [5.74, 6) is 0.296. The van der Waals surface area contributed by atoms with Gasteiger partial charge in [-0.15, -0.1) is 0 Å². The third kappa shape index (κ3) is 3.91. The SMILES string of the molecule is Cc1cc2nc(C)c(CCC(=O)OC(C)c3nc(-c4cccnc4)no3)c(C)n2n1. The van der Waals surface area contributed by atoms with Crippen LogP contribution in [0.3, 0.4) is 0 Å². The molecule has 0 radical (unpaired) electrons. The molecule has 0 aliphatic carbocycles. The van der Waals surface area contributed by atoms with Crippen molar-refractivity contribution in [2.75, 3.05) is 0 Å². The molecule has 0 N–H and O–H groups in total. The molecule has 0 amide bonds. The Hall–Kier alpha value is -3.62. The molecular formula is C21H22N6O3. The summed E-state index contributed by atoms with van der Waals surface area (Å²) in [6.07, 6.45) is 3.38. The summed E-state index contributed by atoms with van der Waals surface area (Å²) in [6, 6.07) is 5.55. The van der Waals surface area contributed by atoms with Crippen molar-refractivity contribution in [3.63, 3.8) is 0 Å². The monoisotopic (exact) mass is 406 g/mol. The van der Waals surface area contributed by atoms with Crippen molar-refractivity contribution in [3.8, 4) is 11.4 Å². The Morgan fingerprint density at radius 2 is 2.10 bits per heavy atom. The summed E-state index contributed by atoms with van der Waals surface area (Å²) in [5, 5.41) is 8.39. The maximum Gasteiger partial charge on any atom is 0.306 e. The van der Waals surface area contributed by atoms with Gasteiger partial charge >= 0.3 is 5.97 Å². The largest absolute Gasteiger partial charge is 0.453 e. The van der Waals surface area contributed by atoms with Gasteiger partial charge in [-0.3, -0.25) is 9.78 Å². The molecule has 30 heavy (non-hydrogen) atoms. The van der Waals surface area contributed by atoms with Gasteiger partial charge < -0.3 is 9.26 Å². The molecule has 0 bridgehead atoms. The molecule has 4 heterocycles. The quantitative estimate of drug-likeness (QED) is 0.449. The number of ether oxygens (including phenoxy) is 1. The van der Waals surface area contributed by atoms with Gasteiger partial charge in [-0.05, 0) is 51.8 Å². The molecule has 0 saturated heterocycles. The molecule has 0 saturated carbocycles. The fraction of sp³-hybridized carbons (Fsp3) is 0.333. The molecule has 4 aromatic heterocycles. The van der Waals surface area contributed by atoms with Crippen LogP contribution in [-0.2, 0) is 16.0 Å². The van der Waals surface area contributed by atoms with E-state index in [0.717, 1.165) is 33.9 Å². The van der Waals surface area contributed by atoms with Crippen LogP contribution in [-0.4, -0.2) is 35.7 Å². The van der Waals surface area contributed by atoms with Gasteiger partial charge in [-0.2, -0.15) is 10.1 Å². The minimum atomic E-state index is -0.646. The summed E-state index contributed by atoms with van der Waals surface area (Å²) >= 11 is 0. The third-order valence-electron chi connectivity index (χ3n) is 4.88. The highest BCUT2D eigenvalue weighted by atomic mass is 16.6. The minimum absolute atomic E-state index is 0.211. The lowest BCUT2D eigenvalue weighted by molar-refractivity contribution is -0.149. The van der Waals surface area contributed by atoms with E-state index in [0.29, 0.717) is 12.2 Å². The number of aryl methyl sites for hydroxylation is 3. The second-order valence-electron chi connectivity index (χ2n) is 7.15. The number of hydrogen-bond donors (Lipinski definition) is 0. The van der Waals surface area contributed by atoms with Crippen LogP contribution in [0.1, 0.15) is 48.0 Å². The van der Waals surface area contributed by atoms with Crippen LogP contribution in [0.2, 0.25) is 0 Å². The van der Waals surface area contributed by atoms with Crippen LogP contribution < -0.4 is 0 Å².